The maximum Gasteiger partial charge on any atom is 0.306 e. The zero-order valence-electron chi connectivity index (χ0n) is 16.1. The fourth-order valence-corrected chi connectivity index (χ4v) is 3.18. The van der Waals surface area contributed by atoms with Crippen molar-refractivity contribution in [3.05, 3.63) is 54.1 Å². The molecule has 1 aliphatic rings. The standard InChI is InChI=1S/C22H26N2O4/c1-27-20-11-4-17(5-12-20)6-13-22(26)28-16-21(25)23-18-7-9-19(10-8-18)24-14-2-3-15-24/h4-5,7-12H,2-3,6,13-16H2,1H3,(H,23,25). The summed E-state index contributed by atoms with van der Waals surface area (Å²) in [5.41, 5.74) is 2.88. The molecule has 2 aromatic rings. The number of carbonyl (C=O) groups excluding carboxylic acids is 2. The van der Waals surface area contributed by atoms with Gasteiger partial charge < -0.3 is 19.7 Å². The van der Waals surface area contributed by atoms with E-state index in [1.807, 2.05) is 48.5 Å². The van der Waals surface area contributed by atoms with Crippen molar-refractivity contribution in [3.63, 3.8) is 0 Å². The van der Waals surface area contributed by atoms with E-state index in [0.29, 0.717) is 12.1 Å². The van der Waals surface area contributed by atoms with Gasteiger partial charge in [-0.3, -0.25) is 9.59 Å². The first-order chi connectivity index (χ1) is 13.6. The predicted octanol–water partition coefficient (Wildman–Crippen LogP) is 3.41. The monoisotopic (exact) mass is 382 g/mol. The summed E-state index contributed by atoms with van der Waals surface area (Å²) < 4.78 is 10.2. The molecule has 1 aliphatic heterocycles. The van der Waals surface area contributed by atoms with Gasteiger partial charge in [0.2, 0.25) is 0 Å². The maximum absolute atomic E-state index is 12.0. The summed E-state index contributed by atoms with van der Waals surface area (Å²) in [5, 5.41) is 2.75. The number of hydrogen-bond donors (Lipinski definition) is 1. The molecule has 6 heteroatoms. The van der Waals surface area contributed by atoms with Crippen LogP contribution in [0, 0.1) is 0 Å². The largest absolute Gasteiger partial charge is 0.497 e. The quantitative estimate of drug-likeness (QED) is 0.709. The van der Waals surface area contributed by atoms with Crippen LogP contribution in [0.1, 0.15) is 24.8 Å². The molecule has 1 saturated heterocycles. The van der Waals surface area contributed by atoms with E-state index in [0.717, 1.165) is 24.4 Å². The second-order valence-corrected chi connectivity index (χ2v) is 6.80. The van der Waals surface area contributed by atoms with Gasteiger partial charge in [-0.25, -0.2) is 0 Å². The Morgan fingerprint density at radius 3 is 2.32 bits per heavy atom. The number of anilines is 2. The lowest BCUT2D eigenvalue weighted by Crippen LogP contribution is -2.21. The van der Waals surface area contributed by atoms with Crippen LogP contribution in [0.25, 0.3) is 0 Å². The van der Waals surface area contributed by atoms with Crippen LogP contribution in [-0.2, 0) is 20.7 Å². The molecule has 2 aromatic carbocycles. The fraction of sp³-hybridized carbons (Fsp3) is 0.364. The lowest BCUT2D eigenvalue weighted by molar-refractivity contribution is -0.147. The normalized spacial score (nSPS) is 13.2. The van der Waals surface area contributed by atoms with Gasteiger partial charge in [0.15, 0.2) is 6.61 Å². The van der Waals surface area contributed by atoms with Gasteiger partial charge in [-0.1, -0.05) is 12.1 Å². The Labute approximate surface area is 165 Å². The second-order valence-electron chi connectivity index (χ2n) is 6.80. The highest BCUT2D eigenvalue weighted by atomic mass is 16.5. The van der Waals surface area contributed by atoms with Gasteiger partial charge in [0, 0.05) is 30.9 Å². The molecular formula is C22H26N2O4. The number of carbonyl (C=O) groups is 2. The minimum atomic E-state index is -0.393. The van der Waals surface area contributed by atoms with Crippen LogP contribution in [0.3, 0.4) is 0 Å². The minimum absolute atomic E-state index is 0.226. The summed E-state index contributed by atoms with van der Waals surface area (Å²) in [6.45, 7) is 1.88. The van der Waals surface area contributed by atoms with Gasteiger partial charge in [-0.15, -0.1) is 0 Å². The van der Waals surface area contributed by atoms with Crippen molar-refractivity contribution in [2.24, 2.45) is 0 Å². The molecule has 3 rings (SSSR count). The van der Waals surface area contributed by atoms with Gasteiger partial charge in [-0.2, -0.15) is 0 Å². The molecule has 0 unspecified atom stereocenters. The third-order valence-corrected chi connectivity index (χ3v) is 4.76. The minimum Gasteiger partial charge on any atom is -0.497 e. The Kier molecular flexibility index (Phi) is 6.89. The van der Waals surface area contributed by atoms with Crippen LogP contribution in [0.4, 0.5) is 11.4 Å². The van der Waals surface area contributed by atoms with Crippen molar-refractivity contribution < 1.29 is 19.1 Å². The summed E-state index contributed by atoms with van der Waals surface area (Å²) in [7, 11) is 1.61. The molecule has 6 nitrogen and oxygen atoms in total. The summed E-state index contributed by atoms with van der Waals surface area (Å²) in [6, 6.07) is 15.3. The first kappa shape index (κ1) is 19.7. The lowest BCUT2D eigenvalue weighted by atomic mass is 10.1. The molecule has 1 fully saturated rings. The number of ether oxygens (including phenoxy) is 2. The van der Waals surface area contributed by atoms with Gasteiger partial charge in [0.1, 0.15) is 5.75 Å². The van der Waals surface area contributed by atoms with E-state index >= 15 is 0 Å². The van der Waals surface area contributed by atoms with Crippen LogP contribution < -0.4 is 15.0 Å². The van der Waals surface area contributed by atoms with Crippen LogP contribution in [0.15, 0.2) is 48.5 Å². The summed E-state index contributed by atoms with van der Waals surface area (Å²) in [4.78, 5) is 26.2. The number of nitrogens with zero attached hydrogens (tertiary/aromatic N) is 1. The number of rotatable bonds is 8. The number of aryl methyl sites for hydroxylation is 1. The van der Waals surface area contributed by atoms with Gasteiger partial charge >= 0.3 is 5.97 Å². The molecule has 0 aliphatic carbocycles. The third kappa shape index (κ3) is 5.74. The third-order valence-electron chi connectivity index (χ3n) is 4.76. The van der Waals surface area contributed by atoms with Crippen molar-refractivity contribution in [3.8, 4) is 5.75 Å². The molecule has 28 heavy (non-hydrogen) atoms. The van der Waals surface area contributed by atoms with E-state index in [4.69, 9.17) is 9.47 Å². The molecule has 0 radical (unpaired) electrons. The topological polar surface area (TPSA) is 67.9 Å². The zero-order chi connectivity index (χ0) is 19.8. The van der Waals surface area contributed by atoms with Crippen molar-refractivity contribution in [2.75, 3.05) is 37.0 Å². The maximum atomic E-state index is 12.0. The molecule has 0 atom stereocenters. The van der Waals surface area contributed by atoms with Gasteiger partial charge in [0.25, 0.3) is 5.91 Å². The highest BCUT2D eigenvalue weighted by Crippen LogP contribution is 2.22. The molecule has 0 bridgehead atoms. The van der Waals surface area contributed by atoms with Crippen LogP contribution in [0.2, 0.25) is 0 Å². The molecule has 0 spiro atoms. The molecule has 148 valence electrons. The first-order valence-corrected chi connectivity index (χ1v) is 9.57. The van der Waals surface area contributed by atoms with E-state index in [9.17, 15) is 9.59 Å². The average molecular weight is 382 g/mol. The highest BCUT2D eigenvalue weighted by molar-refractivity contribution is 5.92. The summed E-state index contributed by atoms with van der Waals surface area (Å²) in [5.74, 6) is 0.0403. The molecule has 1 N–H and O–H groups in total. The second kappa shape index (κ2) is 9.78. The number of esters is 1. The Bertz CT molecular complexity index is 781. The van der Waals surface area contributed by atoms with Gasteiger partial charge in [-0.05, 0) is 61.2 Å². The summed E-state index contributed by atoms with van der Waals surface area (Å²) >= 11 is 0. The zero-order valence-corrected chi connectivity index (χ0v) is 16.1. The molecule has 1 amide bonds. The van der Waals surface area contributed by atoms with E-state index in [1.165, 1.54) is 18.5 Å². The van der Waals surface area contributed by atoms with Gasteiger partial charge in [0.05, 0.1) is 7.11 Å². The van der Waals surface area contributed by atoms with E-state index in [-0.39, 0.29) is 18.9 Å². The number of nitrogens with one attached hydrogen (secondary N) is 1. The number of hydrogen-bond acceptors (Lipinski definition) is 5. The van der Waals surface area contributed by atoms with Crippen molar-refractivity contribution in [1.82, 2.24) is 0 Å². The Morgan fingerprint density at radius 1 is 1.00 bits per heavy atom. The Balaban J connectivity index is 1.37. The van der Waals surface area contributed by atoms with Crippen molar-refractivity contribution in [2.45, 2.75) is 25.7 Å². The van der Waals surface area contributed by atoms with E-state index in [1.54, 1.807) is 7.11 Å². The molecule has 0 aromatic heterocycles. The fourth-order valence-electron chi connectivity index (χ4n) is 3.18. The average Bonchev–Trinajstić information content (AvgIpc) is 3.26. The Hall–Kier alpha value is -3.02. The van der Waals surface area contributed by atoms with Crippen LogP contribution >= 0.6 is 0 Å². The molecular weight excluding hydrogens is 356 g/mol. The SMILES string of the molecule is COc1ccc(CCC(=O)OCC(=O)Nc2ccc(N3CCCC3)cc2)cc1. The number of methoxy groups -OCH3 is 1. The molecule has 0 saturated carbocycles. The predicted molar refractivity (Wildman–Crippen MR) is 109 cm³/mol. The van der Waals surface area contributed by atoms with Crippen LogP contribution in [-0.4, -0.2) is 38.7 Å². The number of benzene rings is 2. The van der Waals surface area contributed by atoms with E-state index < -0.39 is 5.97 Å². The Morgan fingerprint density at radius 2 is 1.68 bits per heavy atom. The lowest BCUT2D eigenvalue weighted by Gasteiger charge is -2.17. The van der Waals surface area contributed by atoms with Crippen LogP contribution in [0.5, 0.6) is 5.75 Å². The molecule has 1 heterocycles. The van der Waals surface area contributed by atoms with Crippen molar-refractivity contribution >= 4 is 23.3 Å². The number of amides is 1. The highest BCUT2D eigenvalue weighted by Gasteiger charge is 2.12. The summed E-state index contributed by atoms with van der Waals surface area (Å²) in [6.07, 6.45) is 3.23. The first-order valence-electron chi connectivity index (χ1n) is 9.57. The van der Waals surface area contributed by atoms with E-state index in [2.05, 4.69) is 10.2 Å². The smallest absolute Gasteiger partial charge is 0.306 e. The van der Waals surface area contributed by atoms with Crippen molar-refractivity contribution in [1.29, 1.82) is 0 Å².